The number of nitrogens with one attached hydrogen (secondary N) is 1. The summed E-state index contributed by atoms with van der Waals surface area (Å²) in [6, 6.07) is 13.8. The molecule has 7 nitrogen and oxygen atoms in total. The number of sulfonamides is 1. The van der Waals surface area contributed by atoms with Gasteiger partial charge in [-0.15, -0.1) is 0 Å². The quantitative estimate of drug-likeness (QED) is 0.424. The van der Waals surface area contributed by atoms with Crippen molar-refractivity contribution < 1.29 is 12.8 Å². The Morgan fingerprint density at radius 2 is 1.50 bits per heavy atom. The molecule has 0 spiro atoms. The zero-order valence-electron chi connectivity index (χ0n) is 21.3. The number of anilines is 2. The van der Waals surface area contributed by atoms with Gasteiger partial charge in [0.1, 0.15) is 5.82 Å². The molecule has 0 amide bonds. The molecule has 1 saturated heterocycles. The molecule has 0 aliphatic carbocycles. The number of hydrogen-bond donors (Lipinski definition) is 1. The molecule has 1 fully saturated rings. The van der Waals surface area contributed by atoms with Crippen LogP contribution < -0.4 is 9.80 Å². The Bertz CT molecular complexity index is 1190. The molecule has 194 valence electrons. The maximum atomic E-state index is 13.6. The molecule has 0 bridgehead atoms. The van der Waals surface area contributed by atoms with Crippen LogP contribution in [-0.4, -0.2) is 55.4 Å². The van der Waals surface area contributed by atoms with E-state index in [9.17, 15) is 12.8 Å². The van der Waals surface area contributed by atoms with Crippen LogP contribution >= 0.6 is 0 Å². The van der Waals surface area contributed by atoms with Crippen molar-refractivity contribution in [3.8, 4) is 0 Å². The molecule has 9 heteroatoms. The van der Waals surface area contributed by atoms with Crippen LogP contribution in [0, 0.1) is 17.7 Å². The van der Waals surface area contributed by atoms with E-state index >= 15 is 0 Å². The second-order valence-electron chi connectivity index (χ2n) is 10.1. The van der Waals surface area contributed by atoms with Crippen molar-refractivity contribution in [3.05, 3.63) is 72.6 Å². The Balaban J connectivity index is 1.44. The van der Waals surface area contributed by atoms with Gasteiger partial charge in [0.05, 0.1) is 17.8 Å². The van der Waals surface area contributed by atoms with E-state index in [1.54, 1.807) is 29.0 Å². The molecular formula is C27H36FN5O2S. The molecule has 0 radical (unpaired) electrons. The van der Waals surface area contributed by atoms with E-state index < -0.39 is 10.0 Å². The highest BCUT2D eigenvalue weighted by atomic mass is 32.2. The maximum Gasteiger partial charge on any atom is 0.243 e. The first kappa shape index (κ1) is 26.2. The molecule has 3 aromatic rings. The van der Waals surface area contributed by atoms with Crippen LogP contribution in [0.1, 0.15) is 32.9 Å². The Kier molecular flexibility index (Phi) is 8.31. The van der Waals surface area contributed by atoms with Gasteiger partial charge in [-0.3, -0.25) is 0 Å². The van der Waals surface area contributed by atoms with E-state index in [1.807, 2.05) is 24.3 Å². The summed E-state index contributed by atoms with van der Waals surface area (Å²) in [4.78, 5) is 11.9. The van der Waals surface area contributed by atoms with Gasteiger partial charge in [0, 0.05) is 56.0 Å². The fourth-order valence-corrected chi connectivity index (χ4v) is 6.43. The zero-order valence-corrected chi connectivity index (χ0v) is 22.1. The number of H-pyrrole nitrogens is 1. The van der Waals surface area contributed by atoms with E-state index in [1.165, 1.54) is 12.1 Å². The average molecular weight is 514 g/mol. The zero-order chi connectivity index (χ0) is 25.7. The lowest BCUT2D eigenvalue weighted by molar-refractivity contribution is 0.315. The SMILES string of the molecule is CC(C)CC(C)CN(Cc1cnc[nH]1)S(=O)(=O)c1ccc(N2CCN(c3ccc(F)cc3)CC2)cc1. The van der Waals surface area contributed by atoms with Crippen molar-refractivity contribution >= 4 is 21.4 Å². The van der Waals surface area contributed by atoms with Crippen molar-refractivity contribution in [1.82, 2.24) is 14.3 Å². The summed E-state index contributed by atoms with van der Waals surface area (Å²) < 4.78 is 42.1. The number of imidazole rings is 1. The maximum absolute atomic E-state index is 13.6. The molecule has 1 atom stereocenters. The predicted octanol–water partition coefficient (Wildman–Crippen LogP) is 4.75. The van der Waals surface area contributed by atoms with E-state index in [4.69, 9.17) is 0 Å². The fraction of sp³-hybridized carbons (Fsp3) is 0.444. The standard InChI is InChI=1S/C27H36FN5O2S/c1-21(2)16-22(3)18-33(19-24-17-29-20-30-24)36(34,35)27-10-8-26(9-11-27)32-14-12-31(13-15-32)25-6-4-23(28)5-7-25/h4-11,17,20-22H,12-16,18-19H2,1-3H3,(H,29,30). The highest BCUT2D eigenvalue weighted by molar-refractivity contribution is 7.89. The van der Waals surface area contributed by atoms with Crippen molar-refractivity contribution in [3.63, 3.8) is 0 Å². The lowest BCUT2D eigenvalue weighted by Gasteiger charge is -2.37. The molecular weight excluding hydrogens is 477 g/mol. The van der Waals surface area contributed by atoms with Gasteiger partial charge >= 0.3 is 0 Å². The van der Waals surface area contributed by atoms with Crippen LogP contribution in [0.15, 0.2) is 66.0 Å². The van der Waals surface area contributed by atoms with Crippen LogP contribution in [0.2, 0.25) is 0 Å². The molecule has 1 aliphatic heterocycles. The third kappa shape index (κ3) is 6.44. The first-order valence-corrected chi connectivity index (χ1v) is 14.0. The molecule has 2 heterocycles. The minimum Gasteiger partial charge on any atom is -0.368 e. The molecule has 0 saturated carbocycles. The minimum atomic E-state index is -3.68. The molecule has 1 aliphatic rings. The number of nitrogens with zero attached hydrogens (tertiary/aromatic N) is 4. The third-order valence-corrected chi connectivity index (χ3v) is 8.43. The monoisotopic (exact) mass is 513 g/mol. The molecule has 4 rings (SSSR count). The van der Waals surface area contributed by atoms with E-state index in [-0.39, 0.29) is 18.3 Å². The topological polar surface area (TPSA) is 72.5 Å². The number of rotatable bonds is 10. The van der Waals surface area contributed by atoms with Gasteiger partial charge in [-0.1, -0.05) is 20.8 Å². The summed E-state index contributed by atoms with van der Waals surface area (Å²) in [5, 5.41) is 0. The summed E-state index contributed by atoms with van der Waals surface area (Å²) in [6.45, 7) is 10.4. The van der Waals surface area contributed by atoms with Crippen molar-refractivity contribution in [2.24, 2.45) is 11.8 Å². The first-order chi connectivity index (χ1) is 17.2. The van der Waals surface area contributed by atoms with Gasteiger partial charge in [-0.25, -0.2) is 17.8 Å². The molecule has 36 heavy (non-hydrogen) atoms. The average Bonchev–Trinajstić information content (AvgIpc) is 3.37. The number of aromatic nitrogens is 2. The smallest absolute Gasteiger partial charge is 0.243 e. The van der Waals surface area contributed by atoms with Crippen LogP contribution in [-0.2, 0) is 16.6 Å². The first-order valence-electron chi connectivity index (χ1n) is 12.6. The second kappa shape index (κ2) is 11.4. The summed E-state index contributed by atoms with van der Waals surface area (Å²) in [5.74, 6) is 0.504. The largest absolute Gasteiger partial charge is 0.368 e. The number of aromatic amines is 1. The minimum absolute atomic E-state index is 0.232. The molecule has 1 aromatic heterocycles. The molecule has 1 unspecified atom stereocenters. The Morgan fingerprint density at radius 1 is 0.944 bits per heavy atom. The third-order valence-electron chi connectivity index (χ3n) is 6.60. The van der Waals surface area contributed by atoms with Crippen LogP contribution in [0.3, 0.4) is 0 Å². The summed E-state index contributed by atoms with van der Waals surface area (Å²) >= 11 is 0. The van der Waals surface area contributed by atoms with Gasteiger partial charge in [-0.05, 0) is 66.8 Å². The van der Waals surface area contributed by atoms with Crippen molar-refractivity contribution in [1.29, 1.82) is 0 Å². The predicted molar refractivity (Wildman–Crippen MR) is 142 cm³/mol. The van der Waals surface area contributed by atoms with Crippen LogP contribution in [0.5, 0.6) is 0 Å². The number of piperazine rings is 1. The van der Waals surface area contributed by atoms with Crippen LogP contribution in [0.4, 0.5) is 15.8 Å². The second-order valence-corrected chi connectivity index (χ2v) is 12.0. The summed E-state index contributed by atoms with van der Waals surface area (Å²) in [7, 11) is -3.68. The summed E-state index contributed by atoms with van der Waals surface area (Å²) in [6.07, 6.45) is 4.20. The Morgan fingerprint density at radius 3 is 2.00 bits per heavy atom. The highest BCUT2D eigenvalue weighted by Gasteiger charge is 2.27. The number of hydrogen-bond acceptors (Lipinski definition) is 5. The van der Waals surface area contributed by atoms with E-state index in [0.717, 1.165) is 49.7 Å². The van der Waals surface area contributed by atoms with Gasteiger partial charge in [-0.2, -0.15) is 4.31 Å². The fourth-order valence-electron chi connectivity index (χ4n) is 4.89. The van der Waals surface area contributed by atoms with Gasteiger partial charge in [0.15, 0.2) is 0 Å². The molecule has 2 aromatic carbocycles. The van der Waals surface area contributed by atoms with Gasteiger partial charge < -0.3 is 14.8 Å². The number of benzene rings is 2. The van der Waals surface area contributed by atoms with Crippen molar-refractivity contribution in [2.75, 3.05) is 42.5 Å². The summed E-state index contributed by atoms with van der Waals surface area (Å²) in [5.41, 5.74) is 2.79. The Labute approximate surface area is 214 Å². The highest BCUT2D eigenvalue weighted by Crippen LogP contribution is 2.26. The van der Waals surface area contributed by atoms with E-state index in [0.29, 0.717) is 17.4 Å². The van der Waals surface area contributed by atoms with Crippen LogP contribution in [0.25, 0.3) is 0 Å². The lowest BCUT2D eigenvalue weighted by Crippen LogP contribution is -2.46. The van der Waals surface area contributed by atoms with E-state index in [2.05, 4.69) is 40.5 Å². The Hall–Kier alpha value is -2.91. The lowest BCUT2D eigenvalue weighted by atomic mass is 9.99. The normalized spacial score (nSPS) is 15.6. The molecule has 1 N–H and O–H groups in total. The van der Waals surface area contributed by atoms with Gasteiger partial charge in [0.2, 0.25) is 10.0 Å². The van der Waals surface area contributed by atoms with Crippen molar-refractivity contribution in [2.45, 2.75) is 38.6 Å². The number of halogens is 1. The van der Waals surface area contributed by atoms with Gasteiger partial charge in [0.25, 0.3) is 0 Å².